The standard InChI is InChI=1S/C12H14N4O/c1-2-9-3-5-10(6-4-9)12(17)13-7-11-14-8-15-16-11/h3-6,8H,2,7H2,1H3,(H,13,17)(H,14,15,16). The Kier molecular flexibility index (Phi) is 3.49. The first-order valence-electron chi connectivity index (χ1n) is 5.51. The van der Waals surface area contributed by atoms with Gasteiger partial charge in [0.1, 0.15) is 12.2 Å². The minimum atomic E-state index is -0.107. The minimum absolute atomic E-state index is 0.107. The van der Waals surface area contributed by atoms with E-state index in [1.165, 1.54) is 11.9 Å². The van der Waals surface area contributed by atoms with Gasteiger partial charge in [-0.25, -0.2) is 4.98 Å². The van der Waals surface area contributed by atoms with Crippen molar-refractivity contribution in [1.29, 1.82) is 0 Å². The van der Waals surface area contributed by atoms with Crippen molar-refractivity contribution in [2.45, 2.75) is 19.9 Å². The van der Waals surface area contributed by atoms with Crippen molar-refractivity contribution in [3.63, 3.8) is 0 Å². The fourth-order valence-corrected chi connectivity index (χ4v) is 1.47. The molecule has 88 valence electrons. The molecule has 0 spiro atoms. The molecular formula is C12H14N4O. The molecule has 0 unspecified atom stereocenters. The maximum Gasteiger partial charge on any atom is 0.251 e. The number of nitrogens with zero attached hydrogens (tertiary/aromatic N) is 2. The Bertz CT molecular complexity index is 476. The van der Waals surface area contributed by atoms with Crippen LogP contribution in [0.15, 0.2) is 30.6 Å². The van der Waals surface area contributed by atoms with Crippen LogP contribution in [0.5, 0.6) is 0 Å². The predicted molar refractivity (Wildman–Crippen MR) is 63.4 cm³/mol. The largest absolute Gasteiger partial charge is 0.345 e. The van der Waals surface area contributed by atoms with Crippen molar-refractivity contribution in [3.05, 3.63) is 47.5 Å². The fraction of sp³-hybridized carbons (Fsp3) is 0.250. The molecule has 1 amide bonds. The number of aromatic nitrogens is 3. The Hall–Kier alpha value is -2.17. The van der Waals surface area contributed by atoms with Crippen LogP contribution in [0.1, 0.15) is 28.7 Å². The van der Waals surface area contributed by atoms with E-state index in [2.05, 4.69) is 27.4 Å². The van der Waals surface area contributed by atoms with Crippen molar-refractivity contribution in [2.75, 3.05) is 0 Å². The lowest BCUT2D eigenvalue weighted by Gasteiger charge is -2.03. The van der Waals surface area contributed by atoms with Crippen LogP contribution >= 0.6 is 0 Å². The summed E-state index contributed by atoms with van der Waals surface area (Å²) in [6.07, 6.45) is 2.39. The Morgan fingerprint density at radius 3 is 2.71 bits per heavy atom. The normalized spacial score (nSPS) is 10.2. The number of amides is 1. The lowest BCUT2D eigenvalue weighted by Crippen LogP contribution is -2.23. The molecule has 0 bridgehead atoms. The van der Waals surface area contributed by atoms with E-state index in [0.717, 1.165) is 6.42 Å². The van der Waals surface area contributed by atoms with Crippen LogP contribution in [-0.2, 0) is 13.0 Å². The van der Waals surface area contributed by atoms with Gasteiger partial charge in [-0.15, -0.1) is 0 Å². The smallest absolute Gasteiger partial charge is 0.251 e. The summed E-state index contributed by atoms with van der Waals surface area (Å²) in [5, 5.41) is 9.16. The van der Waals surface area contributed by atoms with E-state index in [0.29, 0.717) is 17.9 Å². The number of hydrogen-bond acceptors (Lipinski definition) is 3. The highest BCUT2D eigenvalue weighted by Gasteiger charge is 2.05. The zero-order valence-corrected chi connectivity index (χ0v) is 9.60. The summed E-state index contributed by atoms with van der Waals surface area (Å²) in [6.45, 7) is 2.44. The summed E-state index contributed by atoms with van der Waals surface area (Å²) in [6, 6.07) is 7.58. The minimum Gasteiger partial charge on any atom is -0.345 e. The van der Waals surface area contributed by atoms with Crippen LogP contribution in [0.3, 0.4) is 0 Å². The second-order valence-corrected chi connectivity index (χ2v) is 3.67. The quantitative estimate of drug-likeness (QED) is 0.831. The molecule has 2 N–H and O–H groups in total. The van der Waals surface area contributed by atoms with Gasteiger partial charge in [0.15, 0.2) is 0 Å². The van der Waals surface area contributed by atoms with Gasteiger partial charge in [-0.1, -0.05) is 19.1 Å². The van der Waals surface area contributed by atoms with Crippen LogP contribution in [0, 0.1) is 0 Å². The number of H-pyrrole nitrogens is 1. The van der Waals surface area contributed by atoms with E-state index in [-0.39, 0.29) is 5.91 Å². The predicted octanol–water partition coefficient (Wildman–Crippen LogP) is 1.30. The van der Waals surface area contributed by atoms with Crippen LogP contribution < -0.4 is 5.32 Å². The van der Waals surface area contributed by atoms with Crippen molar-refractivity contribution >= 4 is 5.91 Å². The maximum absolute atomic E-state index is 11.8. The molecule has 17 heavy (non-hydrogen) atoms. The highest BCUT2D eigenvalue weighted by molar-refractivity contribution is 5.94. The average Bonchev–Trinajstić information content (AvgIpc) is 2.89. The van der Waals surface area contributed by atoms with E-state index in [1.54, 1.807) is 0 Å². The Morgan fingerprint density at radius 2 is 2.12 bits per heavy atom. The second-order valence-electron chi connectivity index (χ2n) is 3.67. The Balaban J connectivity index is 1.95. The van der Waals surface area contributed by atoms with Gasteiger partial charge in [-0.2, -0.15) is 5.10 Å². The zero-order chi connectivity index (χ0) is 12.1. The lowest BCUT2D eigenvalue weighted by atomic mass is 10.1. The molecule has 0 fully saturated rings. The number of carbonyl (C=O) groups is 1. The molecule has 0 aliphatic carbocycles. The third kappa shape index (κ3) is 2.90. The molecule has 2 aromatic rings. The summed E-state index contributed by atoms with van der Waals surface area (Å²) in [4.78, 5) is 15.7. The van der Waals surface area contributed by atoms with Gasteiger partial charge in [-0.05, 0) is 24.1 Å². The Morgan fingerprint density at radius 1 is 1.35 bits per heavy atom. The van der Waals surface area contributed by atoms with Gasteiger partial charge in [0, 0.05) is 5.56 Å². The summed E-state index contributed by atoms with van der Waals surface area (Å²) in [5.74, 6) is 0.535. The van der Waals surface area contributed by atoms with Gasteiger partial charge in [0.25, 0.3) is 5.91 Å². The third-order valence-corrected chi connectivity index (χ3v) is 2.51. The van der Waals surface area contributed by atoms with E-state index in [4.69, 9.17) is 0 Å². The molecule has 0 aliphatic heterocycles. The van der Waals surface area contributed by atoms with E-state index < -0.39 is 0 Å². The van der Waals surface area contributed by atoms with Gasteiger partial charge in [0.05, 0.1) is 6.54 Å². The summed E-state index contributed by atoms with van der Waals surface area (Å²) in [5.41, 5.74) is 1.87. The number of nitrogens with one attached hydrogen (secondary N) is 2. The average molecular weight is 230 g/mol. The third-order valence-electron chi connectivity index (χ3n) is 2.51. The summed E-state index contributed by atoms with van der Waals surface area (Å²) < 4.78 is 0. The number of aryl methyl sites for hydroxylation is 1. The van der Waals surface area contributed by atoms with E-state index >= 15 is 0 Å². The first kappa shape index (κ1) is 11.3. The number of carbonyl (C=O) groups excluding carboxylic acids is 1. The molecule has 5 nitrogen and oxygen atoms in total. The number of benzene rings is 1. The first-order chi connectivity index (χ1) is 8.29. The van der Waals surface area contributed by atoms with Crippen LogP contribution in [-0.4, -0.2) is 21.1 Å². The van der Waals surface area contributed by atoms with E-state index in [9.17, 15) is 4.79 Å². The van der Waals surface area contributed by atoms with Gasteiger partial charge in [-0.3, -0.25) is 9.89 Å². The van der Waals surface area contributed by atoms with Crippen molar-refractivity contribution in [3.8, 4) is 0 Å². The van der Waals surface area contributed by atoms with Gasteiger partial charge in [0.2, 0.25) is 0 Å². The Labute approximate surface area is 99.3 Å². The topological polar surface area (TPSA) is 70.7 Å². The number of aromatic amines is 1. The monoisotopic (exact) mass is 230 g/mol. The van der Waals surface area contributed by atoms with Crippen molar-refractivity contribution in [1.82, 2.24) is 20.5 Å². The molecule has 2 rings (SSSR count). The molecular weight excluding hydrogens is 216 g/mol. The van der Waals surface area contributed by atoms with Gasteiger partial charge >= 0.3 is 0 Å². The van der Waals surface area contributed by atoms with E-state index in [1.807, 2.05) is 24.3 Å². The second kappa shape index (κ2) is 5.25. The molecule has 1 aromatic carbocycles. The first-order valence-corrected chi connectivity index (χ1v) is 5.51. The number of hydrogen-bond donors (Lipinski definition) is 2. The lowest BCUT2D eigenvalue weighted by molar-refractivity contribution is 0.0950. The SMILES string of the molecule is CCc1ccc(C(=O)NCc2ncn[nH]2)cc1. The summed E-state index contributed by atoms with van der Waals surface area (Å²) in [7, 11) is 0. The molecule has 1 aromatic heterocycles. The highest BCUT2D eigenvalue weighted by atomic mass is 16.1. The van der Waals surface area contributed by atoms with Crippen LogP contribution in [0.4, 0.5) is 0 Å². The number of rotatable bonds is 4. The molecule has 0 radical (unpaired) electrons. The molecule has 0 aliphatic rings. The molecule has 0 atom stereocenters. The molecule has 0 saturated carbocycles. The van der Waals surface area contributed by atoms with Gasteiger partial charge < -0.3 is 5.32 Å². The fourth-order valence-electron chi connectivity index (χ4n) is 1.47. The maximum atomic E-state index is 11.8. The van der Waals surface area contributed by atoms with Crippen LogP contribution in [0.2, 0.25) is 0 Å². The zero-order valence-electron chi connectivity index (χ0n) is 9.60. The molecule has 0 saturated heterocycles. The van der Waals surface area contributed by atoms with Crippen molar-refractivity contribution < 1.29 is 4.79 Å². The summed E-state index contributed by atoms with van der Waals surface area (Å²) >= 11 is 0. The van der Waals surface area contributed by atoms with Crippen LogP contribution in [0.25, 0.3) is 0 Å². The molecule has 1 heterocycles. The molecule has 5 heteroatoms. The highest BCUT2D eigenvalue weighted by Crippen LogP contribution is 2.05. The van der Waals surface area contributed by atoms with Crippen molar-refractivity contribution in [2.24, 2.45) is 0 Å².